The number of nitrogen functional groups attached to an aromatic ring is 1. The van der Waals surface area contributed by atoms with Crippen molar-refractivity contribution in [1.82, 2.24) is 4.90 Å². The van der Waals surface area contributed by atoms with Crippen molar-refractivity contribution in [2.24, 2.45) is 0 Å². The van der Waals surface area contributed by atoms with E-state index in [9.17, 15) is 15.4 Å². The van der Waals surface area contributed by atoms with Gasteiger partial charge in [0.05, 0.1) is 23.3 Å². The highest BCUT2D eigenvalue weighted by molar-refractivity contribution is 5.77. The first-order chi connectivity index (χ1) is 11.4. The minimum atomic E-state index is -0.563. The quantitative estimate of drug-likeness (QED) is 0.478. The van der Waals surface area contributed by atoms with Crippen molar-refractivity contribution in [2.75, 3.05) is 50.0 Å². The number of hydrogen-bond acceptors (Lipinski definition) is 7. The van der Waals surface area contributed by atoms with Gasteiger partial charge in [-0.3, -0.25) is 15.0 Å². The zero-order valence-electron chi connectivity index (χ0n) is 14.1. The van der Waals surface area contributed by atoms with Gasteiger partial charge in [-0.15, -0.1) is 0 Å². The van der Waals surface area contributed by atoms with E-state index in [0.29, 0.717) is 12.3 Å². The topological polar surface area (TPSA) is 109 Å². The highest BCUT2D eigenvalue weighted by Crippen LogP contribution is 2.33. The van der Waals surface area contributed by atoms with Gasteiger partial charge < -0.3 is 15.4 Å². The van der Waals surface area contributed by atoms with E-state index in [2.05, 4.69) is 9.80 Å². The van der Waals surface area contributed by atoms with Crippen LogP contribution in [0.3, 0.4) is 0 Å². The largest absolute Gasteiger partial charge is 0.392 e. The lowest BCUT2D eigenvalue weighted by Crippen LogP contribution is -2.47. The summed E-state index contributed by atoms with van der Waals surface area (Å²) < 4.78 is 5.57. The number of nitro benzene ring substituents is 1. The Labute approximate surface area is 141 Å². The highest BCUT2D eigenvalue weighted by atomic mass is 16.6. The van der Waals surface area contributed by atoms with Crippen LogP contribution < -0.4 is 10.6 Å². The molecule has 1 aromatic carbocycles. The van der Waals surface area contributed by atoms with Crippen LogP contribution in [0.2, 0.25) is 0 Å². The fraction of sp³-hybridized carbons (Fsp3) is 0.562. The molecule has 0 saturated carbocycles. The first kappa shape index (κ1) is 18.0. The second kappa shape index (κ2) is 7.95. The summed E-state index contributed by atoms with van der Waals surface area (Å²) in [6.45, 7) is 8.79. The third kappa shape index (κ3) is 4.13. The van der Waals surface area contributed by atoms with Crippen LogP contribution in [0.15, 0.2) is 12.1 Å². The van der Waals surface area contributed by atoms with Crippen LogP contribution in [0.5, 0.6) is 0 Å². The summed E-state index contributed by atoms with van der Waals surface area (Å²) in [5, 5.41) is 20.3. The van der Waals surface area contributed by atoms with Crippen molar-refractivity contribution < 1.29 is 9.66 Å². The molecule has 1 aromatic rings. The van der Waals surface area contributed by atoms with Crippen LogP contribution in [0, 0.1) is 21.4 Å². The summed E-state index contributed by atoms with van der Waals surface area (Å²) in [5.41, 5.74) is 6.37. The van der Waals surface area contributed by atoms with E-state index in [-0.39, 0.29) is 23.0 Å². The Morgan fingerprint density at radius 3 is 2.58 bits per heavy atom. The highest BCUT2D eigenvalue weighted by Gasteiger charge is 2.24. The zero-order valence-corrected chi connectivity index (χ0v) is 14.1. The molecule has 0 spiro atoms. The lowest BCUT2D eigenvalue weighted by molar-refractivity contribution is -0.383. The van der Waals surface area contributed by atoms with Gasteiger partial charge in [-0.05, 0) is 19.9 Å². The number of benzene rings is 1. The fourth-order valence-electron chi connectivity index (χ4n) is 2.77. The van der Waals surface area contributed by atoms with Gasteiger partial charge in [0.1, 0.15) is 17.3 Å². The molecule has 1 saturated heterocycles. The van der Waals surface area contributed by atoms with Crippen molar-refractivity contribution in [2.45, 2.75) is 20.0 Å². The summed E-state index contributed by atoms with van der Waals surface area (Å²) in [4.78, 5) is 14.7. The molecule has 1 aliphatic rings. The number of piperazine rings is 1. The van der Waals surface area contributed by atoms with E-state index in [4.69, 9.17) is 10.5 Å². The second-order valence-electron chi connectivity index (χ2n) is 6.01. The van der Waals surface area contributed by atoms with E-state index in [0.717, 1.165) is 32.7 Å². The van der Waals surface area contributed by atoms with Gasteiger partial charge in [0.15, 0.2) is 0 Å². The Hall–Kier alpha value is -2.37. The zero-order chi connectivity index (χ0) is 17.7. The van der Waals surface area contributed by atoms with Gasteiger partial charge >= 0.3 is 0 Å². The van der Waals surface area contributed by atoms with Gasteiger partial charge in [-0.25, -0.2) is 0 Å². The lowest BCUT2D eigenvalue weighted by atomic mass is 10.1. The molecular formula is C16H23N5O3. The molecule has 0 unspecified atom stereocenters. The molecule has 8 heteroatoms. The average Bonchev–Trinajstić information content (AvgIpc) is 2.54. The molecule has 24 heavy (non-hydrogen) atoms. The molecule has 0 aromatic heterocycles. The number of nitrogens with zero attached hydrogens (tertiary/aromatic N) is 4. The van der Waals surface area contributed by atoms with Gasteiger partial charge in [0.25, 0.3) is 5.69 Å². The van der Waals surface area contributed by atoms with Crippen molar-refractivity contribution in [3.8, 4) is 6.07 Å². The number of nitriles is 1. The number of anilines is 2. The second-order valence-corrected chi connectivity index (χ2v) is 6.01. The maximum atomic E-state index is 11.0. The number of hydrogen-bond donors (Lipinski definition) is 1. The van der Waals surface area contributed by atoms with Crippen LogP contribution in [0.1, 0.15) is 19.4 Å². The summed E-state index contributed by atoms with van der Waals surface area (Å²) in [7, 11) is 0. The molecule has 130 valence electrons. The van der Waals surface area contributed by atoms with Gasteiger partial charge in [-0.2, -0.15) is 5.26 Å². The monoisotopic (exact) mass is 333 g/mol. The molecule has 0 aliphatic carbocycles. The third-order valence-electron chi connectivity index (χ3n) is 4.08. The smallest absolute Gasteiger partial charge is 0.293 e. The third-order valence-corrected chi connectivity index (χ3v) is 4.08. The SMILES string of the molecule is CC(C)OCCN1CCN(c2ccc([N+](=O)[O-])c(N)c2C#N)CC1. The minimum Gasteiger partial charge on any atom is -0.392 e. The summed E-state index contributed by atoms with van der Waals surface area (Å²) in [5.74, 6) is 0. The molecule has 1 aliphatic heterocycles. The normalized spacial score (nSPS) is 15.5. The molecular weight excluding hydrogens is 310 g/mol. The van der Waals surface area contributed by atoms with Crippen molar-refractivity contribution in [3.63, 3.8) is 0 Å². The van der Waals surface area contributed by atoms with Crippen molar-refractivity contribution in [3.05, 3.63) is 27.8 Å². The van der Waals surface area contributed by atoms with Crippen molar-refractivity contribution >= 4 is 17.1 Å². The van der Waals surface area contributed by atoms with Crippen LogP contribution in [0.25, 0.3) is 0 Å². The number of nitro groups is 1. The van der Waals surface area contributed by atoms with E-state index >= 15 is 0 Å². The maximum absolute atomic E-state index is 11.0. The first-order valence-corrected chi connectivity index (χ1v) is 8.00. The Bertz CT molecular complexity index is 633. The number of ether oxygens (including phenoxy) is 1. The van der Waals surface area contributed by atoms with Crippen molar-refractivity contribution in [1.29, 1.82) is 5.26 Å². The Morgan fingerprint density at radius 2 is 2.04 bits per heavy atom. The predicted octanol–water partition coefficient (Wildman–Crippen LogP) is 1.60. The number of nitrogens with two attached hydrogens (primary N) is 1. The molecule has 0 atom stereocenters. The molecule has 1 fully saturated rings. The summed E-state index contributed by atoms with van der Waals surface area (Å²) in [6, 6.07) is 4.99. The Kier molecular flexibility index (Phi) is 5.95. The van der Waals surface area contributed by atoms with E-state index in [1.807, 2.05) is 19.9 Å². The summed E-state index contributed by atoms with van der Waals surface area (Å²) >= 11 is 0. The van der Waals surface area contributed by atoms with Crippen LogP contribution in [-0.2, 0) is 4.74 Å². The predicted molar refractivity (Wildman–Crippen MR) is 92.0 cm³/mol. The van der Waals surface area contributed by atoms with Gasteiger partial charge in [-0.1, -0.05) is 0 Å². The van der Waals surface area contributed by atoms with Crippen LogP contribution in [-0.4, -0.2) is 55.3 Å². The van der Waals surface area contributed by atoms with E-state index in [1.165, 1.54) is 6.07 Å². The number of rotatable bonds is 6. The average molecular weight is 333 g/mol. The van der Waals surface area contributed by atoms with Crippen LogP contribution in [0.4, 0.5) is 17.1 Å². The van der Waals surface area contributed by atoms with E-state index in [1.54, 1.807) is 6.07 Å². The van der Waals surface area contributed by atoms with Gasteiger partial charge in [0.2, 0.25) is 0 Å². The minimum absolute atomic E-state index is 0.0623. The first-order valence-electron chi connectivity index (χ1n) is 8.00. The Morgan fingerprint density at radius 1 is 1.38 bits per heavy atom. The molecule has 8 nitrogen and oxygen atoms in total. The fourth-order valence-corrected chi connectivity index (χ4v) is 2.77. The lowest BCUT2D eigenvalue weighted by Gasteiger charge is -2.36. The van der Waals surface area contributed by atoms with E-state index < -0.39 is 4.92 Å². The molecule has 0 radical (unpaired) electrons. The molecule has 0 amide bonds. The van der Waals surface area contributed by atoms with Crippen LogP contribution >= 0.6 is 0 Å². The molecule has 2 rings (SSSR count). The standard InChI is InChI=1S/C16H23N5O3/c1-12(2)24-10-9-19-5-7-20(8-6-19)14-3-4-15(21(22)23)16(18)13(14)11-17/h3-4,12H,5-10,18H2,1-2H3. The molecule has 0 bridgehead atoms. The molecule has 2 N–H and O–H groups in total. The molecule has 1 heterocycles. The van der Waals surface area contributed by atoms with Gasteiger partial charge in [0, 0.05) is 38.8 Å². The maximum Gasteiger partial charge on any atom is 0.293 e. The summed E-state index contributed by atoms with van der Waals surface area (Å²) in [6.07, 6.45) is 0.229. The Balaban J connectivity index is 2.03.